The molecule has 1 amide bonds. The number of hydrogen-bond donors (Lipinski definition) is 0. The molecule has 2 aliphatic heterocycles. The molecule has 184 valence electrons. The van der Waals surface area contributed by atoms with Crippen LogP contribution in [0.15, 0.2) is 57.9 Å². The van der Waals surface area contributed by atoms with E-state index in [1.165, 1.54) is 9.87 Å². The van der Waals surface area contributed by atoms with Crippen LogP contribution in [0.4, 0.5) is 5.69 Å². The summed E-state index contributed by atoms with van der Waals surface area (Å²) in [5, 5.41) is 3.82. The lowest BCUT2D eigenvalue weighted by atomic mass is 10.0. The Morgan fingerprint density at radius 1 is 1.00 bits per heavy atom. The molecule has 9 nitrogen and oxygen atoms in total. The third-order valence-corrected chi connectivity index (χ3v) is 8.48. The maximum atomic E-state index is 13.5. The predicted molar refractivity (Wildman–Crippen MR) is 130 cm³/mol. The normalized spacial score (nSPS) is 16.7. The number of sulfonamides is 1. The van der Waals surface area contributed by atoms with Crippen molar-refractivity contribution in [3.05, 3.63) is 71.1 Å². The molecule has 0 aliphatic carbocycles. The van der Waals surface area contributed by atoms with E-state index in [2.05, 4.69) is 16.1 Å². The molecule has 1 saturated heterocycles. The zero-order valence-electron chi connectivity index (χ0n) is 19.8. The fourth-order valence-corrected chi connectivity index (χ4v) is 6.12. The van der Waals surface area contributed by atoms with E-state index in [1.807, 2.05) is 18.2 Å². The molecule has 0 unspecified atom stereocenters. The van der Waals surface area contributed by atoms with Crippen molar-refractivity contribution in [2.24, 2.45) is 0 Å². The van der Waals surface area contributed by atoms with Crippen molar-refractivity contribution in [2.75, 3.05) is 44.7 Å². The Bertz CT molecular complexity index is 1350. The Labute approximate surface area is 204 Å². The molecule has 1 aromatic heterocycles. The lowest BCUT2D eigenvalue weighted by Gasteiger charge is -2.36. The summed E-state index contributed by atoms with van der Waals surface area (Å²) in [5.74, 6) is 1.02. The Morgan fingerprint density at radius 3 is 2.43 bits per heavy atom. The first-order valence-corrected chi connectivity index (χ1v) is 13.0. The van der Waals surface area contributed by atoms with E-state index < -0.39 is 10.0 Å². The highest BCUT2D eigenvalue weighted by Crippen LogP contribution is 2.34. The fraction of sp³-hybridized carbons (Fsp3) is 0.360. The van der Waals surface area contributed by atoms with Crippen LogP contribution in [0.5, 0.6) is 5.75 Å². The van der Waals surface area contributed by atoms with Gasteiger partial charge in [0.1, 0.15) is 11.5 Å². The van der Waals surface area contributed by atoms with Crippen LogP contribution < -0.4 is 9.64 Å². The number of carbonyl (C=O) groups is 1. The largest absolute Gasteiger partial charge is 0.495 e. The third kappa shape index (κ3) is 4.51. The fourth-order valence-electron chi connectivity index (χ4n) is 4.68. The number of fused-ring (bicyclic) bond motifs is 1. The number of amides is 1. The predicted octanol–water partition coefficient (Wildman–Crippen LogP) is 2.70. The second-order valence-electron chi connectivity index (χ2n) is 8.79. The second-order valence-corrected chi connectivity index (χ2v) is 10.7. The van der Waals surface area contributed by atoms with Crippen molar-refractivity contribution in [1.82, 2.24) is 14.4 Å². The van der Waals surface area contributed by atoms with Crippen LogP contribution in [0.25, 0.3) is 0 Å². The smallest absolute Gasteiger partial charge is 0.276 e. The maximum absolute atomic E-state index is 13.5. The lowest BCUT2D eigenvalue weighted by Crippen LogP contribution is -2.49. The minimum Gasteiger partial charge on any atom is -0.495 e. The van der Waals surface area contributed by atoms with E-state index in [0.29, 0.717) is 68.6 Å². The van der Waals surface area contributed by atoms with Crippen molar-refractivity contribution >= 4 is 21.6 Å². The molecule has 0 atom stereocenters. The molecule has 0 saturated carbocycles. The Morgan fingerprint density at radius 2 is 1.74 bits per heavy atom. The van der Waals surface area contributed by atoms with Gasteiger partial charge in [0.05, 0.1) is 17.7 Å². The summed E-state index contributed by atoms with van der Waals surface area (Å²) in [7, 11) is -2.11. The summed E-state index contributed by atoms with van der Waals surface area (Å²) >= 11 is 0. The average Bonchev–Trinajstić information content (AvgIpc) is 3.33. The third-order valence-electron chi connectivity index (χ3n) is 6.64. The molecule has 2 aliphatic rings. The molecular weight excluding hydrogens is 468 g/mol. The average molecular weight is 497 g/mol. The van der Waals surface area contributed by atoms with Gasteiger partial charge in [-0.2, -0.15) is 4.31 Å². The van der Waals surface area contributed by atoms with E-state index in [4.69, 9.17) is 9.26 Å². The standard InChI is InChI=1S/C25H28N4O5S/c1-18-15-22(26-34-18)25(30)28-13-11-27(12-14-28)23-16-21(7-8-24(23)33-2)35(31,32)29-10-9-19-5-3-4-6-20(19)17-29/h3-8,15-16H,9-14,17H2,1-2H3. The number of benzene rings is 2. The summed E-state index contributed by atoms with van der Waals surface area (Å²) in [5.41, 5.74) is 3.24. The first kappa shape index (κ1) is 23.4. The Balaban J connectivity index is 1.34. The van der Waals surface area contributed by atoms with Gasteiger partial charge in [0.15, 0.2) is 5.69 Å². The van der Waals surface area contributed by atoms with Crippen molar-refractivity contribution in [2.45, 2.75) is 24.8 Å². The number of anilines is 1. The van der Waals surface area contributed by atoms with Gasteiger partial charge in [0, 0.05) is 45.3 Å². The quantitative estimate of drug-likeness (QED) is 0.536. The van der Waals surface area contributed by atoms with Crippen molar-refractivity contribution in [3.8, 4) is 5.75 Å². The molecule has 0 radical (unpaired) electrons. The number of aryl methyl sites for hydroxylation is 1. The van der Waals surface area contributed by atoms with Crippen molar-refractivity contribution in [1.29, 1.82) is 0 Å². The maximum Gasteiger partial charge on any atom is 0.276 e. The SMILES string of the molecule is COc1ccc(S(=O)(=O)N2CCc3ccccc3C2)cc1N1CCN(C(=O)c2cc(C)on2)CC1. The minimum absolute atomic E-state index is 0.171. The van der Waals surface area contributed by atoms with Crippen LogP contribution in [-0.4, -0.2) is 68.5 Å². The second kappa shape index (κ2) is 9.35. The highest BCUT2D eigenvalue weighted by atomic mass is 32.2. The van der Waals surface area contributed by atoms with Gasteiger partial charge in [-0.15, -0.1) is 0 Å². The summed E-state index contributed by atoms with van der Waals surface area (Å²) in [4.78, 5) is 16.7. The van der Waals surface area contributed by atoms with Crippen molar-refractivity contribution < 1.29 is 22.5 Å². The van der Waals surface area contributed by atoms with Crippen LogP contribution in [0.3, 0.4) is 0 Å². The minimum atomic E-state index is -3.68. The van der Waals surface area contributed by atoms with Gasteiger partial charge in [-0.3, -0.25) is 4.79 Å². The molecule has 1 fully saturated rings. The number of methoxy groups -OCH3 is 1. The Kier molecular flexibility index (Phi) is 6.24. The monoisotopic (exact) mass is 496 g/mol. The van der Waals surface area contributed by atoms with E-state index in [-0.39, 0.29) is 10.8 Å². The van der Waals surface area contributed by atoms with Gasteiger partial charge in [0.25, 0.3) is 5.91 Å². The molecule has 0 bridgehead atoms. The van der Waals surface area contributed by atoms with E-state index in [9.17, 15) is 13.2 Å². The molecule has 0 spiro atoms. The van der Waals surface area contributed by atoms with Crippen molar-refractivity contribution in [3.63, 3.8) is 0 Å². The summed E-state index contributed by atoms with van der Waals surface area (Å²) in [6.45, 7) is 4.60. The zero-order valence-corrected chi connectivity index (χ0v) is 20.6. The van der Waals surface area contributed by atoms with Gasteiger partial charge < -0.3 is 19.1 Å². The van der Waals surface area contributed by atoms with E-state index in [0.717, 1.165) is 5.56 Å². The number of aromatic nitrogens is 1. The Hall–Kier alpha value is -3.37. The van der Waals surface area contributed by atoms with Gasteiger partial charge >= 0.3 is 0 Å². The first-order valence-electron chi connectivity index (χ1n) is 11.6. The van der Waals surface area contributed by atoms with E-state index in [1.54, 1.807) is 43.2 Å². The van der Waals surface area contributed by atoms with E-state index >= 15 is 0 Å². The molecule has 5 rings (SSSR count). The number of rotatable bonds is 5. The summed E-state index contributed by atoms with van der Waals surface area (Å²) < 4.78 is 39.2. The topological polar surface area (TPSA) is 96.2 Å². The molecule has 3 heterocycles. The van der Waals surface area contributed by atoms with Crippen LogP contribution in [0, 0.1) is 6.92 Å². The molecular formula is C25H28N4O5S. The number of ether oxygens (including phenoxy) is 1. The number of carbonyl (C=O) groups excluding carboxylic acids is 1. The highest BCUT2D eigenvalue weighted by molar-refractivity contribution is 7.89. The van der Waals surface area contributed by atoms with Gasteiger partial charge in [-0.1, -0.05) is 29.4 Å². The summed E-state index contributed by atoms with van der Waals surface area (Å²) in [6.07, 6.45) is 0.694. The van der Waals surface area contributed by atoms with Gasteiger partial charge in [0.2, 0.25) is 10.0 Å². The highest BCUT2D eigenvalue weighted by Gasteiger charge is 2.31. The van der Waals surface area contributed by atoms with Crippen LogP contribution in [0.1, 0.15) is 27.4 Å². The number of nitrogens with zero attached hydrogens (tertiary/aromatic N) is 4. The van der Waals surface area contributed by atoms with Crippen LogP contribution in [0.2, 0.25) is 0 Å². The zero-order chi connectivity index (χ0) is 24.6. The number of hydrogen-bond acceptors (Lipinski definition) is 7. The summed E-state index contributed by atoms with van der Waals surface area (Å²) in [6, 6.07) is 14.6. The molecule has 10 heteroatoms. The van der Waals surface area contributed by atoms with Gasteiger partial charge in [-0.25, -0.2) is 8.42 Å². The molecule has 2 aromatic carbocycles. The lowest BCUT2D eigenvalue weighted by molar-refractivity contribution is 0.0736. The molecule has 35 heavy (non-hydrogen) atoms. The molecule has 3 aromatic rings. The number of piperazine rings is 1. The molecule has 0 N–H and O–H groups in total. The van der Waals surface area contributed by atoms with Crippen LogP contribution in [-0.2, 0) is 23.0 Å². The first-order chi connectivity index (χ1) is 16.9. The van der Waals surface area contributed by atoms with Crippen LogP contribution >= 0.6 is 0 Å². The van der Waals surface area contributed by atoms with Gasteiger partial charge in [-0.05, 0) is 42.7 Å².